The first kappa shape index (κ1) is 24.9. The molecule has 0 bridgehead atoms. The second kappa shape index (κ2) is 8.96. The Morgan fingerprint density at radius 2 is 1.70 bits per heavy atom. The van der Waals surface area contributed by atoms with Gasteiger partial charge in [0.05, 0.1) is 22.3 Å². The number of pyridine rings is 1. The molecule has 3 heterocycles. The van der Waals surface area contributed by atoms with Crippen molar-refractivity contribution in [1.29, 1.82) is 0 Å². The van der Waals surface area contributed by atoms with Crippen LogP contribution in [0.3, 0.4) is 0 Å². The van der Waals surface area contributed by atoms with Crippen LogP contribution in [0.2, 0.25) is 0 Å². The molecule has 4 aromatic rings. The number of halogens is 4. The maximum atomic E-state index is 13.6. The lowest BCUT2D eigenvalue weighted by Crippen LogP contribution is -2.17. The number of carbonyl (C=O) groups is 1. The van der Waals surface area contributed by atoms with Gasteiger partial charge in [0.15, 0.2) is 0 Å². The van der Waals surface area contributed by atoms with Crippen LogP contribution in [0.1, 0.15) is 21.5 Å². The summed E-state index contributed by atoms with van der Waals surface area (Å²) in [5.41, 5.74) is 1.49. The van der Waals surface area contributed by atoms with Gasteiger partial charge < -0.3 is 4.90 Å². The molecule has 0 fully saturated rings. The molecule has 0 saturated heterocycles. The number of anilines is 1. The van der Waals surface area contributed by atoms with Gasteiger partial charge in [-0.05, 0) is 59.7 Å². The van der Waals surface area contributed by atoms with Crippen molar-refractivity contribution in [1.82, 2.24) is 9.88 Å². The van der Waals surface area contributed by atoms with Crippen LogP contribution in [0, 0.1) is 5.82 Å². The van der Waals surface area contributed by atoms with Gasteiger partial charge in [-0.3, -0.25) is 14.5 Å². The largest absolute Gasteiger partial charge is 0.419 e. The van der Waals surface area contributed by atoms with Crippen molar-refractivity contribution in [3.8, 4) is 20.9 Å². The molecule has 1 amide bonds. The second-order valence-corrected chi connectivity index (χ2v) is 11.2. The number of hydrogen-bond acceptors (Lipinski definition) is 5. The van der Waals surface area contributed by atoms with E-state index >= 15 is 0 Å². The van der Waals surface area contributed by atoms with Gasteiger partial charge in [-0.15, -0.1) is 11.3 Å². The quantitative estimate of drug-likeness (QED) is 0.310. The number of nitrogens with one attached hydrogen (secondary N) is 1. The molecule has 12 heteroatoms. The summed E-state index contributed by atoms with van der Waals surface area (Å²) in [6.45, 7) is 0.533. The fraction of sp³-hybridized carbons (Fsp3) is 0.120. The summed E-state index contributed by atoms with van der Waals surface area (Å²) in [6.07, 6.45) is -2.29. The van der Waals surface area contributed by atoms with E-state index in [1.165, 1.54) is 29.8 Å². The Morgan fingerprint density at radius 1 is 0.973 bits per heavy atom. The van der Waals surface area contributed by atoms with E-state index in [1.54, 1.807) is 18.0 Å². The predicted octanol–water partition coefficient (Wildman–Crippen LogP) is 6.02. The average molecular weight is 548 g/mol. The third-order valence-corrected chi connectivity index (χ3v) is 8.37. The van der Waals surface area contributed by atoms with Gasteiger partial charge in [0.1, 0.15) is 5.82 Å². The number of thiophene rings is 1. The molecule has 0 unspecified atom stereocenters. The lowest BCUT2D eigenvalue weighted by Gasteiger charge is -2.12. The molecule has 0 spiro atoms. The third-order valence-electron chi connectivity index (χ3n) is 5.81. The van der Waals surface area contributed by atoms with Gasteiger partial charge in [0.2, 0.25) is 0 Å². The number of hydrogen-bond donors (Lipinski definition) is 1. The topological polar surface area (TPSA) is 79.4 Å². The molecule has 0 aliphatic carbocycles. The Balaban J connectivity index is 1.40. The normalized spacial score (nSPS) is 13.6. The Morgan fingerprint density at radius 3 is 2.43 bits per heavy atom. The van der Waals surface area contributed by atoms with Gasteiger partial charge in [0, 0.05) is 40.7 Å². The molecule has 37 heavy (non-hydrogen) atoms. The van der Waals surface area contributed by atoms with Crippen LogP contribution < -0.4 is 4.72 Å². The number of benzene rings is 2. The molecule has 6 nitrogen and oxygen atoms in total. The number of sulfonamides is 1. The minimum Gasteiger partial charge on any atom is -0.337 e. The van der Waals surface area contributed by atoms with Crippen molar-refractivity contribution >= 4 is 33.0 Å². The zero-order valence-electron chi connectivity index (χ0n) is 19.0. The third kappa shape index (κ3) is 4.81. The zero-order chi connectivity index (χ0) is 26.5. The molecule has 1 aliphatic heterocycles. The van der Waals surface area contributed by atoms with E-state index in [2.05, 4.69) is 9.71 Å². The van der Waals surface area contributed by atoms with E-state index in [9.17, 15) is 30.8 Å². The Hall–Kier alpha value is -3.77. The van der Waals surface area contributed by atoms with Crippen molar-refractivity contribution < 1.29 is 30.8 Å². The van der Waals surface area contributed by atoms with E-state index < -0.39 is 32.5 Å². The number of rotatable bonds is 5. The smallest absolute Gasteiger partial charge is 0.337 e. The summed E-state index contributed by atoms with van der Waals surface area (Å²) < 4.78 is 80.3. The first-order valence-corrected chi connectivity index (χ1v) is 13.1. The number of fused-ring (bicyclic) bond motifs is 1. The average Bonchev–Trinajstić information content (AvgIpc) is 3.43. The van der Waals surface area contributed by atoms with E-state index in [0.29, 0.717) is 23.7 Å². The number of amides is 1. The van der Waals surface area contributed by atoms with E-state index in [4.69, 9.17) is 0 Å². The Kier molecular flexibility index (Phi) is 6.03. The Bertz CT molecular complexity index is 1650. The maximum absolute atomic E-state index is 13.6. The molecule has 5 rings (SSSR count). The highest BCUT2D eigenvalue weighted by atomic mass is 32.2. The first-order valence-electron chi connectivity index (χ1n) is 10.8. The number of nitrogens with zero attached hydrogens (tertiary/aromatic N) is 2. The molecular formula is C25H17F4N3O3S2. The molecular weight excluding hydrogens is 530 g/mol. The van der Waals surface area contributed by atoms with Gasteiger partial charge in [-0.2, -0.15) is 13.2 Å². The number of aromatic nitrogens is 1. The van der Waals surface area contributed by atoms with Crippen molar-refractivity contribution in [3.05, 3.63) is 89.5 Å². The lowest BCUT2D eigenvalue weighted by molar-refractivity contribution is -0.140. The summed E-state index contributed by atoms with van der Waals surface area (Å²) in [5.74, 6) is -1.58. The zero-order valence-corrected chi connectivity index (χ0v) is 20.6. The van der Waals surface area contributed by atoms with Gasteiger partial charge >= 0.3 is 6.18 Å². The molecule has 1 N–H and O–H groups in total. The molecule has 190 valence electrons. The van der Waals surface area contributed by atoms with E-state index in [-0.39, 0.29) is 17.7 Å². The van der Waals surface area contributed by atoms with Gasteiger partial charge in [-0.1, -0.05) is 6.07 Å². The SMILES string of the molecule is CN1Cc2cc(-c3ccc(-c4cncc(NS(=O)(=O)c5ccc(F)c(C(F)(F)F)c5)c4)s3)ccc2C1=O. The van der Waals surface area contributed by atoms with Crippen LogP contribution in [-0.2, 0) is 22.7 Å². The highest BCUT2D eigenvalue weighted by molar-refractivity contribution is 7.92. The molecule has 1 aliphatic rings. The van der Waals surface area contributed by atoms with Crippen molar-refractivity contribution in [2.45, 2.75) is 17.6 Å². The van der Waals surface area contributed by atoms with Gasteiger partial charge in [0.25, 0.3) is 15.9 Å². The highest BCUT2D eigenvalue weighted by Crippen LogP contribution is 2.37. The van der Waals surface area contributed by atoms with Crippen LogP contribution >= 0.6 is 11.3 Å². The molecule has 2 aromatic carbocycles. The second-order valence-electron chi connectivity index (χ2n) is 8.40. The van der Waals surface area contributed by atoms with Crippen molar-refractivity contribution in [2.75, 3.05) is 11.8 Å². The minimum absolute atomic E-state index is 0.0194. The standard InChI is InChI=1S/C25H17F4N3O3S2/c1-32-13-16-8-14(2-4-19(16)24(32)33)22-6-7-23(36-22)15-9-17(12-30-11-15)31-37(34,35)18-3-5-21(26)20(10-18)25(27,28)29/h2-12,31H,13H2,1H3. The molecule has 2 aromatic heterocycles. The Labute approximate surface area is 213 Å². The summed E-state index contributed by atoms with van der Waals surface area (Å²) in [7, 11) is -2.71. The van der Waals surface area contributed by atoms with Crippen LogP contribution in [0.5, 0.6) is 0 Å². The van der Waals surface area contributed by atoms with Crippen molar-refractivity contribution in [3.63, 3.8) is 0 Å². The van der Waals surface area contributed by atoms with E-state index in [1.807, 2.05) is 24.3 Å². The summed E-state index contributed by atoms with van der Waals surface area (Å²) in [5, 5.41) is 0. The van der Waals surface area contributed by atoms with Gasteiger partial charge in [-0.25, -0.2) is 12.8 Å². The van der Waals surface area contributed by atoms with Crippen molar-refractivity contribution in [2.24, 2.45) is 0 Å². The minimum atomic E-state index is -5.04. The number of alkyl halides is 3. The molecule has 0 radical (unpaired) electrons. The summed E-state index contributed by atoms with van der Waals surface area (Å²) in [6, 6.07) is 12.4. The summed E-state index contributed by atoms with van der Waals surface area (Å²) in [4.78, 5) is 18.8. The maximum Gasteiger partial charge on any atom is 0.419 e. The lowest BCUT2D eigenvalue weighted by atomic mass is 10.1. The fourth-order valence-electron chi connectivity index (χ4n) is 4.00. The first-order chi connectivity index (χ1) is 17.4. The molecule has 0 saturated carbocycles. The van der Waals surface area contributed by atoms with Crippen LogP contribution in [0.15, 0.2) is 71.9 Å². The fourth-order valence-corrected chi connectivity index (χ4v) is 6.04. The molecule has 0 atom stereocenters. The highest BCUT2D eigenvalue weighted by Gasteiger charge is 2.35. The number of carbonyl (C=O) groups excluding carboxylic acids is 1. The van der Waals surface area contributed by atoms with Crippen LogP contribution in [0.4, 0.5) is 23.2 Å². The predicted molar refractivity (Wildman–Crippen MR) is 131 cm³/mol. The monoisotopic (exact) mass is 547 g/mol. The van der Waals surface area contributed by atoms with E-state index in [0.717, 1.165) is 26.9 Å². The summed E-state index contributed by atoms with van der Waals surface area (Å²) >= 11 is 1.43. The van der Waals surface area contributed by atoms with Crippen LogP contribution in [-0.4, -0.2) is 31.3 Å². The van der Waals surface area contributed by atoms with Crippen LogP contribution in [0.25, 0.3) is 20.9 Å².